The number of nitrogens with zero attached hydrogens (tertiary/aromatic N) is 7. The molecule has 0 atom stereocenters. The van der Waals surface area contributed by atoms with Crippen LogP contribution in [0.1, 0.15) is 47.2 Å². The average Bonchev–Trinajstić information content (AvgIpc) is 1.70. The summed E-state index contributed by atoms with van der Waals surface area (Å²) in [6, 6.07) is 68.4. The minimum Gasteiger partial charge on any atom is -0.507 e. The number of halogens is 1. The summed E-state index contributed by atoms with van der Waals surface area (Å²) in [4.78, 5) is 44.3. The lowest BCUT2D eigenvalue weighted by molar-refractivity contribution is -0.384. The van der Waals surface area contributed by atoms with E-state index in [1.807, 2.05) is 166 Å². The molecule has 0 spiro atoms. The van der Waals surface area contributed by atoms with E-state index in [0.29, 0.717) is 34.5 Å². The highest BCUT2D eigenvalue weighted by Gasteiger charge is 2.19. The summed E-state index contributed by atoms with van der Waals surface area (Å²) in [5.41, 5.74) is 19.8. The van der Waals surface area contributed by atoms with E-state index in [0.717, 1.165) is 126 Å². The molecule has 528 valence electrons. The number of phenolic OH excluding ortho intramolecular Hbond substituents is 2. The van der Waals surface area contributed by atoms with Crippen LogP contribution in [-0.2, 0) is 6.54 Å². The van der Waals surface area contributed by atoms with Gasteiger partial charge in [-0.2, -0.15) is 5.10 Å². The molecular weight excluding hydrogens is 1380 g/mol. The first-order chi connectivity index (χ1) is 50.5. The van der Waals surface area contributed by atoms with Gasteiger partial charge in [0.2, 0.25) is 0 Å². The number of pyridine rings is 3. The van der Waals surface area contributed by atoms with Crippen molar-refractivity contribution in [2.75, 3.05) is 44.2 Å². The number of carbonyl (C=O) groups is 1. The topological polar surface area (TPSA) is 262 Å². The van der Waals surface area contributed by atoms with Crippen LogP contribution in [0.15, 0.2) is 262 Å². The number of amides is 1. The number of anilines is 5. The molecule has 5 heterocycles. The number of aromatic hydroxyl groups is 2. The Hall–Kier alpha value is -12.4. The maximum Gasteiger partial charge on any atom is 0.271 e. The van der Waals surface area contributed by atoms with Crippen LogP contribution in [-0.4, -0.2) is 79.9 Å². The van der Waals surface area contributed by atoms with Crippen LogP contribution in [0, 0.1) is 24.0 Å². The number of hydrazone groups is 1. The van der Waals surface area contributed by atoms with Gasteiger partial charge in [0.25, 0.3) is 11.6 Å². The number of non-ortho nitro benzene ring substituents is 1. The van der Waals surface area contributed by atoms with Gasteiger partial charge in [0.15, 0.2) is 5.13 Å². The van der Waals surface area contributed by atoms with Gasteiger partial charge in [0, 0.05) is 131 Å². The number of nitrogens with one attached hydrogen (secondary N) is 3. The number of benzene rings is 10. The van der Waals surface area contributed by atoms with Crippen LogP contribution >= 0.6 is 34.7 Å². The number of carbonyl (C=O) groups excluding carboxylic acids is 1. The molecule has 0 bridgehead atoms. The summed E-state index contributed by atoms with van der Waals surface area (Å²) in [5, 5.41) is 50.5. The Labute approximate surface area is 619 Å². The van der Waals surface area contributed by atoms with Crippen LogP contribution in [0.25, 0.3) is 76.0 Å². The number of hydrogen-bond donors (Lipinski definition) is 6. The zero-order valence-corrected chi connectivity index (χ0v) is 59.7. The van der Waals surface area contributed by atoms with Crippen molar-refractivity contribution in [1.29, 1.82) is 0 Å². The van der Waals surface area contributed by atoms with Gasteiger partial charge in [-0.05, 0) is 147 Å². The second kappa shape index (κ2) is 34.0. The number of nitro benzene ring substituents is 1. The van der Waals surface area contributed by atoms with Gasteiger partial charge in [0.1, 0.15) is 34.5 Å². The van der Waals surface area contributed by atoms with E-state index in [2.05, 4.69) is 90.4 Å². The molecule has 5 aromatic heterocycles. The standard InChI is InChI=1S/C24H23ClN4O.C20H16N2OS.C19H15N3O4.C19H16N2O2S.CH4/c1-3-29(2)15-17-11-19(13-21(24(17)30)16-5-4-9-26-14-16)28-22-8-10-27-23-12-18(25)6-7-20(22)23;1-23-18-12-17(21)19-16(7-4-10-22-19)20(18)24-15-9-8-13-5-2-3-6-14(13)11-15;1-13-5-7-14(8-6-13)18-10-9-17(26-18)12-20-21-19(23)15-3-2-4-16(11-15)22(24)25;1-11-17(22)15-6-4-3-5-14(15)16-18(11)24-19(21-16)20-12-7-9-13(23-2)10-8-12;/h4-14,30H,3,15H2,1-2H3,(H,27,28);2-12H,21H2,1H3;2-12H,1H3,(H,21,23);3-10,22H,1-2H3,(H,20,21);1H4/b;;20-12+;;. The van der Waals surface area contributed by atoms with Gasteiger partial charge in [-0.1, -0.05) is 146 Å². The first kappa shape index (κ1) is 73.8. The largest absolute Gasteiger partial charge is 0.507 e. The number of ether oxygens (including phenoxy) is 2. The van der Waals surface area contributed by atoms with Crippen LogP contribution in [0.3, 0.4) is 0 Å². The lowest BCUT2D eigenvalue weighted by Gasteiger charge is -2.19. The molecule has 1 amide bonds. The highest BCUT2D eigenvalue weighted by Crippen LogP contribution is 2.45. The van der Waals surface area contributed by atoms with E-state index in [9.17, 15) is 25.1 Å². The van der Waals surface area contributed by atoms with Crippen LogP contribution in [0.5, 0.6) is 23.0 Å². The van der Waals surface area contributed by atoms with Gasteiger partial charge < -0.3 is 45.4 Å². The van der Waals surface area contributed by atoms with Crippen LogP contribution in [0.2, 0.25) is 5.02 Å². The summed E-state index contributed by atoms with van der Waals surface area (Å²) >= 11 is 9.34. The number of nitrogen functional groups attached to an aromatic ring is 1. The maximum atomic E-state index is 12.0. The number of thiazole rings is 1. The summed E-state index contributed by atoms with van der Waals surface area (Å²) < 4.78 is 17.4. The molecule has 105 heavy (non-hydrogen) atoms. The minimum atomic E-state index is -0.560. The molecule has 22 heteroatoms. The smallest absolute Gasteiger partial charge is 0.271 e. The first-order valence-corrected chi connectivity index (χ1v) is 34.8. The van der Waals surface area contributed by atoms with E-state index in [1.54, 1.807) is 68.2 Å². The number of aryl methyl sites for hydroxylation is 2. The Balaban J connectivity index is 0.000000140. The second-order valence-electron chi connectivity index (χ2n) is 23.9. The highest BCUT2D eigenvalue weighted by atomic mass is 35.5. The van der Waals surface area contributed by atoms with Crippen molar-refractivity contribution in [3.05, 3.63) is 286 Å². The van der Waals surface area contributed by atoms with Crippen molar-refractivity contribution in [3.63, 3.8) is 0 Å². The van der Waals surface area contributed by atoms with Crippen molar-refractivity contribution in [1.82, 2.24) is 30.3 Å². The number of phenols is 2. The van der Waals surface area contributed by atoms with Crippen molar-refractivity contribution in [3.8, 4) is 45.4 Å². The predicted octanol–water partition coefficient (Wildman–Crippen LogP) is 20.8. The Morgan fingerprint density at radius 1 is 0.724 bits per heavy atom. The highest BCUT2D eigenvalue weighted by molar-refractivity contribution is 7.99. The molecule has 0 saturated carbocycles. The molecule has 15 rings (SSSR count). The van der Waals surface area contributed by atoms with Gasteiger partial charge in [0.05, 0.1) is 57.2 Å². The van der Waals surface area contributed by atoms with Crippen molar-refractivity contribution >= 4 is 134 Å². The zero-order valence-electron chi connectivity index (χ0n) is 57.3. The third kappa shape index (κ3) is 17.7. The fraction of sp³-hybridized carbons (Fsp3) is 0.108. The maximum absolute atomic E-state index is 12.0. The predicted molar refractivity (Wildman–Crippen MR) is 428 cm³/mol. The molecule has 10 aromatic carbocycles. The SMILES string of the molecule is C.CCN(C)Cc1cc(Nc2ccnc3cc(Cl)ccc23)cc(-c2cccnc2)c1O.COc1cc(N)c2ncccc2c1Sc1ccc2ccccc2c1.COc1ccc(Nc2nc3c(s2)c(C)c(O)c2ccccc23)cc1.Cc1ccc(-c2ccc(/C=N/NC(=O)c3cccc([N+](=O)[O-])c3)o2)cc1. The monoisotopic (exact) mass is 1450 g/mol. The van der Waals surface area contributed by atoms with E-state index < -0.39 is 10.8 Å². The number of aromatic nitrogens is 4. The summed E-state index contributed by atoms with van der Waals surface area (Å²) in [5.74, 6) is 2.81. The Kier molecular flexibility index (Phi) is 23.9. The van der Waals surface area contributed by atoms with E-state index >= 15 is 0 Å². The van der Waals surface area contributed by atoms with E-state index in [4.69, 9.17) is 36.2 Å². The first-order valence-electron chi connectivity index (χ1n) is 32.8. The number of rotatable bonds is 17. The molecule has 0 aliphatic heterocycles. The van der Waals surface area contributed by atoms with E-state index in [-0.39, 0.29) is 24.4 Å². The number of hydrogen-bond acceptors (Lipinski definition) is 19. The van der Waals surface area contributed by atoms with Gasteiger partial charge in [-0.25, -0.2) is 10.4 Å². The molecule has 0 fully saturated rings. The lowest BCUT2D eigenvalue weighted by atomic mass is 10.0. The fourth-order valence-electron chi connectivity index (χ4n) is 11.3. The van der Waals surface area contributed by atoms with Crippen molar-refractivity contribution < 1.29 is 33.8 Å². The van der Waals surface area contributed by atoms with Gasteiger partial charge in [-0.3, -0.25) is 29.9 Å². The average molecular weight is 1450 g/mol. The summed E-state index contributed by atoms with van der Waals surface area (Å²) in [7, 11) is 5.35. The minimum absolute atomic E-state index is 0. The third-order valence-corrected chi connectivity index (χ3v) is 19.3. The van der Waals surface area contributed by atoms with Crippen LogP contribution < -0.4 is 31.3 Å². The number of furan rings is 1. The molecule has 0 aliphatic carbocycles. The van der Waals surface area contributed by atoms with Crippen LogP contribution in [0.4, 0.5) is 33.6 Å². The third-order valence-electron chi connectivity index (χ3n) is 16.9. The van der Waals surface area contributed by atoms with Gasteiger partial charge >= 0.3 is 0 Å². The lowest BCUT2D eigenvalue weighted by Crippen LogP contribution is -2.17. The number of fused-ring (bicyclic) bond motifs is 6. The van der Waals surface area contributed by atoms with Crippen molar-refractivity contribution in [2.45, 2.75) is 44.5 Å². The molecule has 19 nitrogen and oxygen atoms in total. The van der Waals surface area contributed by atoms with Gasteiger partial charge in [-0.15, -0.1) is 0 Å². The molecule has 0 unspecified atom stereocenters. The van der Waals surface area contributed by atoms with E-state index in [1.165, 1.54) is 41.3 Å². The Morgan fingerprint density at radius 3 is 2.24 bits per heavy atom. The molecule has 15 aromatic rings. The molecule has 0 saturated heterocycles. The fourth-order valence-corrected chi connectivity index (χ4v) is 13.6. The number of nitrogens with two attached hydrogens (primary N) is 1. The second-order valence-corrected chi connectivity index (χ2v) is 26.4. The molecule has 0 radical (unpaired) electrons. The molecular formula is C83H74ClN11O8S2. The Morgan fingerprint density at radius 2 is 1.49 bits per heavy atom. The van der Waals surface area contributed by atoms with Crippen molar-refractivity contribution in [2.24, 2.45) is 5.10 Å². The summed E-state index contributed by atoms with van der Waals surface area (Å²) in [6.07, 6.45) is 8.37. The molecule has 0 aliphatic rings. The zero-order chi connectivity index (χ0) is 72.8. The number of nitro groups is 1. The number of methoxy groups -OCH3 is 2. The Bertz CT molecular complexity index is 5630. The quantitative estimate of drug-likeness (QED) is 0.0163. The molecule has 7 N–H and O–H groups in total. The normalized spacial score (nSPS) is 10.9. The summed E-state index contributed by atoms with van der Waals surface area (Å²) in [6.45, 7) is 7.55.